The van der Waals surface area contributed by atoms with E-state index in [-0.39, 0.29) is 0 Å². The van der Waals surface area contributed by atoms with E-state index in [1.165, 1.54) is 24.0 Å². The molecule has 1 aliphatic rings. The number of ether oxygens (including phenoxy) is 1. The molecule has 0 aliphatic heterocycles. The molecular weight excluding hydrogens is 338 g/mol. The van der Waals surface area contributed by atoms with Crippen LogP contribution in [-0.2, 0) is 17.6 Å². The highest BCUT2D eigenvalue weighted by Gasteiger charge is 2.18. The molecule has 27 heavy (non-hydrogen) atoms. The van der Waals surface area contributed by atoms with Crippen molar-refractivity contribution in [2.24, 2.45) is 0 Å². The molecular formula is C22H23N3O2. The minimum atomic E-state index is 0.321. The summed E-state index contributed by atoms with van der Waals surface area (Å²) in [7, 11) is 1.58. The molecule has 138 valence electrons. The number of nitrogens with zero attached hydrogens (tertiary/aromatic N) is 3. The lowest BCUT2D eigenvalue weighted by Gasteiger charge is -2.17. The van der Waals surface area contributed by atoms with Gasteiger partial charge < -0.3 is 9.26 Å². The van der Waals surface area contributed by atoms with Crippen molar-refractivity contribution in [2.75, 3.05) is 13.7 Å². The van der Waals surface area contributed by atoms with Crippen molar-refractivity contribution in [3.05, 3.63) is 65.1 Å². The third-order valence-corrected chi connectivity index (χ3v) is 4.76. The van der Waals surface area contributed by atoms with Crippen LogP contribution >= 0.6 is 0 Å². The summed E-state index contributed by atoms with van der Waals surface area (Å²) in [5.74, 6) is 1.09. The number of fused-ring (bicyclic) bond motifs is 1. The second-order valence-electron chi connectivity index (χ2n) is 6.64. The van der Waals surface area contributed by atoms with Crippen molar-refractivity contribution in [1.29, 1.82) is 5.26 Å². The lowest BCUT2D eigenvalue weighted by atomic mass is 9.88. The molecule has 3 rings (SSSR count). The molecule has 2 aromatic rings. The van der Waals surface area contributed by atoms with Gasteiger partial charge in [-0.25, -0.2) is 0 Å². The fourth-order valence-electron chi connectivity index (χ4n) is 3.24. The number of nitriles is 1. The first-order valence-electron chi connectivity index (χ1n) is 9.05. The lowest BCUT2D eigenvalue weighted by molar-refractivity contribution is 0.227. The zero-order valence-corrected chi connectivity index (χ0v) is 15.8. The number of methoxy groups -OCH3 is 1. The van der Waals surface area contributed by atoms with Crippen LogP contribution < -0.4 is 0 Å². The fourth-order valence-corrected chi connectivity index (χ4v) is 3.24. The van der Waals surface area contributed by atoms with Crippen molar-refractivity contribution >= 4 is 5.57 Å². The van der Waals surface area contributed by atoms with E-state index >= 15 is 0 Å². The monoisotopic (exact) mass is 361 g/mol. The van der Waals surface area contributed by atoms with E-state index in [2.05, 4.69) is 34.9 Å². The van der Waals surface area contributed by atoms with Crippen molar-refractivity contribution in [2.45, 2.75) is 32.6 Å². The van der Waals surface area contributed by atoms with Crippen LogP contribution in [0, 0.1) is 11.3 Å². The Hall–Kier alpha value is -2.97. The van der Waals surface area contributed by atoms with Crippen LogP contribution in [-0.4, -0.2) is 23.9 Å². The summed E-state index contributed by atoms with van der Waals surface area (Å²) >= 11 is 0. The molecule has 0 unspecified atom stereocenters. The SMILES string of the molecule is C=C(C#N)C(=CC=C(C)c1nc(-c2cccc3c2CCCC3)no1)COC. The smallest absolute Gasteiger partial charge is 0.253 e. The van der Waals surface area contributed by atoms with Crippen molar-refractivity contribution < 1.29 is 9.26 Å². The van der Waals surface area contributed by atoms with Gasteiger partial charge in [0.25, 0.3) is 5.89 Å². The summed E-state index contributed by atoms with van der Waals surface area (Å²) < 4.78 is 10.6. The fraction of sp³-hybridized carbons (Fsp3) is 0.318. The van der Waals surface area contributed by atoms with Gasteiger partial charge in [-0.2, -0.15) is 10.2 Å². The van der Waals surface area contributed by atoms with Gasteiger partial charge in [0, 0.05) is 18.2 Å². The predicted molar refractivity (Wildman–Crippen MR) is 105 cm³/mol. The first kappa shape index (κ1) is 18.8. The predicted octanol–water partition coefficient (Wildman–Crippen LogP) is 4.67. The summed E-state index contributed by atoms with van der Waals surface area (Å²) in [6.45, 7) is 5.95. The molecule has 0 saturated carbocycles. The van der Waals surface area contributed by atoms with Crippen LogP contribution in [0.2, 0.25) is 0 Å². The third kappa shape index (κ3) is 4.24. The van der Waals surface area contributed by atoms with Gasteiger partial charge in [-0.15, -0.1) is 0 Å². The largest absolute Gasteiger partial charge is 0.380 e. The van der Waals surface area contributed by atoms with E-state index in [1.54, 1.807) is 13.2 Å². The van der Waals surface area contributed by atoms with Crippen LogP contribution in [0.25, 0.3) is 17.0 Å². The Morgan fingerprint density at radius 1 is 1.33 bits per heavy atom. The number of hydrogen-bond acceptors (Lipinski definition) is 5. The number of hydrogen-bond donors (Lipinski definition) is 0. The minimum absolute atomic E-state index is 0.321. The van der Waals surface area contributed by atoms with Crippen LogP contribution in [0.4, 0.5) is 0 Å². The highest BCUT2D eigenvalue weighted by atomic mass is 16.5. The van der Waals surface area contributed by atoms with E-state index in [0.29, 0.717) is 23.9 Å². The maximum absolute atomic E-state index is 9.03. The number of aryl methyl sites for hydroxylation is 1. The summed E-state index contributed by atoms with van der Waals surface area (Å²) in [6.07, 6.45) is 8.25. The molecule has 1 heterocycles. The standard InChI is InChI=1S/C22H23N3O2/c1-15(11-12-18(14-26-3)16(2)13-23)22-24-21(25-27-22)20-10-6-8-17-7-4-5-9-19(17)20/h6,8,10-12H,2,4-5,7,9,14H2,1,3H3. The number of aromatic nitrogens is 2. The second-order valence-corrected chi connectivity index (χ2v) is 6.64. The molecule has 0 saturated heterocycles. The Balaban J connectivity index is 1.88. The second kappa shape index (κ2) is 8.61. The number of allylic oxidation sites excluding steroid dienone is 3. The normalized spacial score (nSPS) is 14.6. The van der Waals surface area contributed by atoms with Crippen molar-refractivity contribution in [3.8, 4) is 17.5 Å². The Bertz CT molecular complexity index is 945. The van der Waals surface area contributed by atoms with E-state index in [9.17, 15) is 0 Å². The van der Waals surface area contributed by atoms with Gasteiger partial charge in [-0.3, -0.25) is 0 Å². The quantitative estimate of drug-likeness (QED) is 0.552. The van der Waals surface area contributed by atoms with Crippen LogP contribution in [0.3, 0.4) is 0 Å². The Morgan fingerprint density at radius 3 is 2.93 bits per heavy atom. The summed E-state index contributed by atoms with van der Waals surface area (Å²) in [4.78, 5) is 4.58. The van der Waals surface area contributed by atoms with Gasteiger partial charge in [0.1, 0.15) is 0 Å². The Kier molecular flexibility index (Phi) is 6.00. The zero-order chi connectivity index (χ0) is 19.2. The highest BCUT2D eigenvalue weighted by molar-refractivity contribution is 5.65. The summed E-state index contributed by atoms with van der Waals surface area (Å²) in [5.41, 5.74) is 5.70. The topological polar surface area (TPSA) is 71.9 Å². The zero-order valence-electron chi connectivity index (χ0n) is 15.8. The van der Waals surface area contributed by atoms with Gasteiger partial charge in [-0.05, 0) is 49.3 Å². The molecule has 0 N–H and O–H groups in total. The molecule has 0 amide bonds. The summed E-state index contributed by atoms with van der Waals surface area (Å²) in [6, 6.07) is 8.36. The average Bonchev–Trinajstić information content (AvgIpc) is 3.20. The molecule has 0 radical (unpaired) electrons. The van der Waals surface area contributed by atoms with Gasteiger partial charge in [0.05, 0.1) is 18.2 Å². The van der Waals surface area contributed by atoms with E-state index in [4.69, 9.17) is 14.5 Å². The van der Waals surface area contributed by atoms with Crippen LogP contribution in [0.5, 0.6) is 0 Å². The van der Waals surface area contributed by atoms with Gasteiger partial charge in [-0.1, -0.05) is 42.1 Å². The highest BCUT2D eigenvalue weighted by Crippen LogP contribution is 2.30. The van der Waals surface area contributed by atoms with Crippen molar-refractivity contribution in [1.82, 2.24) is 10.1 Å². The van der Waals surface area contributed by atoms with Gasteiger partial charge >= 0.3 is 0 Å². The lowest BCUT2D eigenvalue weighted by Crippen LogP contribution is -2.04. The molecule has 1 aromatic carbocycles. The number of benzene rings is 1. The van der Waals surface area contributed by atoms with E-state index in [1.807, 2.05) is 19.1 Å². The molecule has 5 nitrogen and oxygen atoms in total. The van der Waals surface area contributed by atoms with Crippen molar-refractivity contribution in [3.63, 3.8) is 0 Å². The summed E-state index contributed by atoms with van der Waals surface area (Å²) in [5, 5.41) is 13.2. The molecule has 0 atom stereocenters. The molecule has 0 spiro atoms. The van der Waals surface area contributed by atoms with Gasteiger partial charge in [0.15, 0.2) is 0 Å². The molecule has 1 aromatic heterocycles. The molecule has 5 heteroatoms. The van der Waals surface area contributed by atoms with Crippen LogP contribution in [0.1, 0.15) is 36.8 Å². The van der Waals surface area contributed by atoms with E-state index < -0.39 is 0 Å². The average molecular weight is 361 g/mol. The molecule has 0 bridgehead atoms. The maximum atomic E-state index is 9.03. The van der Waals surface area contributed by atoms with Gasteiger partial charge in [0.2, 0.25) is 5.82 Å². The maximum Gasteiger partial charge on any atom is 0.253 e. The first-order chi connectivity index (χ1) is 13.1. The van der Waals surface area contributed by atoms with Crippen LogP contribution in [0.15, 0.2) is 52.6 Å². The minimum Gasteiger partial charge on any atom is -0.380 e. The third-order valence-electron chi connectivity index (χ3n) is 4.76. The Morgan fingerprint density at radius 2 is 2.15 bits per heavy atom. The number of rotatable bonds is 6. The van der Waals surface area contributed by atoms with E-state index in [0.717, 1.165) is 29.6 Å². The Labute approximate surface area is 159 Å². The molecule has 1 aliphatic carbocycles. The molecule has 0 fully saturated rings. The first-order valence-corrected chi connectivity index (χ1v) is 9.05.